The Balaban J connectivity index is 2.33. The lowest BCUT2D eigenvalue weighted by Crippen LogP contribution is -2.02. The average Bonchev–Trinajstić information content (AvgIpc) is 2.39. The summed E-state index contributed by atoms with van der Waals surface area (Å²) < 4.78 is 0. The highest BCUT2D eigenvalue weighted by molar-refractivity contribution is 6.30. The Kier molecular flexibility index (Phi) is 4.43. The molecule has 0 aliphatic heterocycles. The van der Waals surface area contributed by atoms with E-state index in [4.69, 9.17) is 28.9 Å². The van der Waals surface area contributed by atoms with E-state index in [1.165, 1.54) is 0 Å². The van der Waals surface area contributed by atoms with E-state index < -0.39 is 0 Å². The Bertz CT molecular complexity index is 542. The molecule has 0 unspecified atom stereocenters. The molecule has 2 aromatic carbocycles. The van der Waals surface area contributed by atoms with E-state index in [1.54, 1.807) is 0 Å². The highest BCUT2D eigenvalue weighted by Gasteiger charge is 2.00. The predicted octanol–water partition coefficient (Wildman–Crippen LogP) is 4.49. The maximum Gasteiger partial charge on any atom is 0.0406 e. The van der Waals surface area contributed by atoms with Gasteiger partial charge in [-0.25, -0.2) is 0 Å². The summed E-state index contributed by atoms with van der Waals surface area (Å²) in [6, 6.07) is 15.3. The lowest BCUT2D eigenvalue weighted by Gasteiger charge is -2.05. The van der Waals surface area contributed by atoms with E-state index in [-0.39, 0.29) is 0 Å². The van der Waals surface area contributed by atoms with Gasteiger partial charge in [0.15, 0.2) is 0 Å². The number of nitrogens with two attached hydrogens (primary N) is 1. The predicted molar refractivity (Wildman–Crippen MR) is 79.8 cm³/mol. The number of benzene rings is 2. The minimum Gasteiger partial charge on any atom is -0.326 e. The van der Waals surface area contributed by atoms with Crippen LogP contribution in [0.15, 0.2) is 48.5 Å². The third-order valence-corrected chi connectivity index (χ3v) is 3.15. The Morgan fingerprint density at radius 2 is 1.39 bits per heavy atom. The molecule has 92 valence electrons. The molecule has 2 rings (SSSR count). The second-order valence-corrected chi connectivity index (χ2v) is 4.81. The zero-order valence-corrected chi connectivity index (χ0v) is 11.2. The summed E-state index contributed by atoms with van der Waals surface area (Å²) in [7, 11) is 0. The lowest BCUT2D eigenvalue weighted by atomic mass is 10.0. The van der Waals surface area contributed by atoms with Crippen LogP contribution in [0.3, 0.4) is 0 Å². The van der Waals surface area contributed by atoms with Crippen LogP contribution in [0.4, 0.5) is 0 Å². The number of halogens is 2. The Morgan fingerprint density at radius 1 is 0.889 bits per heavy atom. The van der Waals surface area contributed by atoms with Crippen LogP contribution in [0.1, 0.15) is 11.1 Å². The van der Waals surface area contributed by atoms with Crippen molar-refractivity contribution in [2.75, 3.05) is 6.54 Å². The van der Waals surface area contributed by atoms with Crippen molar-refractivity contribution in [3.05, 3.63) is 69.7 Å². The molecule has 0 aromatic heterocycles. The van der Waals surface area contributed by atoms with E-state index in [2.05, 4.69) is 6.08 Å². The van der Waals surface area contributed by atoms with Crippen molar-refractivity contribution in [3.8, 4) is 0 Å². The summed E-state index contributed by atoms with van der Waals surface area (Å²) in [5, 5.41) is 1.45. The van der Waals surface area contributed by atoms with Gasteiger partial charge < -0.3 is 5.73 Å². The average molecular weight is 278 g/mol. The van der Waals surface area contributed by atoms with Crippen molar-refractivity contribution < 1.29 is 0 Å². The molecular weight excluding hydrogens is 265 g/mol. The summed E-state index contributed by atoms with van der Waals surface area (Å²) >= 11 is 11.7. The fraction of sp³-hybridized carbons (Fsp3) is 0.0667. The van der Waals surface area contributed by atoms with Crippen LogP contribution in [0.5, 0.6) is 0 Å². The number of hydrogen-bond acceptors (Lipinski definition) is 1. The first kappa shape index (κ1) is 13.2. The van der Waals surface area contributed by atoms with Gasteiger partial charge >= 0.3 is 0 Å². The van der Waals surface area contributed by atoms with Crippen LogP contribution in [0, 0.1) is 0 Å². The molecule has 0 bridgehead atoms. The van der Waals surface area contributed by atoms with Gasteiger partial charge in [-0.05, 0) is 47.0 Å². The molecule has 0 heterocycles. The van der Waals surface area contributed by atoms with Crippen molar-refractivity contribution in [1.82, 2.24) is 0 Å². The Labute approximate surface area is 117 Å². The quantitative estimate of drug-likeness (QED) is 0.822. The molecule has 0 fully saturated rings. The molecule has 0 saturated heterocycles. The van der Waals surface area contributed by atoms with E-state index in [1.807, 2.05) is 48.5 Å². The van der Waals surface area contributed by atoms with Crippen LogP contribution >= 0.6 is 23.2 Å². The first-order valence-corrected chi connectivity index (χ1v) is 6.37. The van der Waals surface area contributed by atoms with Crippen LogP contribution in [0.2, 0.25) is 10.0 Å². The molecular formula is C15H13Cl2N. The minimum absolute atomic E-state index is 0.476. The maximum atomic E-state index is 5.87. The Morgan fingerprint density at radius 3 is 1.89 bits per heavy atom. The van der Waals surface area contributed by atoms with Crippen molar-refractivity contribution in [1.29, 1.82) is 0 Å². The van der Waals surface area contributed by atoms with Crippen LogP contribution in [-0.2, 0) is 0 Å². The maximum absolute atomic E-state index is 5.87. The van der Waals surface area contributed by atoms with E-state index in [0.29, 0.717) is 6.54 Å². The van der Waals surface area contributed by atoms with Crippen LogP contribution < -0.4 is 5.73 Å². The smallest absolute Gasteiger partial charge is 0.0406 e. The second kappa shape index (κ2) is 6.05. The summed E-state index contributed by atoms with van der Waals surface area (Å²) in [5.41, 5.74) is 9.02. The van der Waals surface area contributed by atoms with E-state index >= 15 is 0 Å². The van der Waals surface area contributed by atoms with Gasteiger partial charge in [0.2, 0.25) is 0 Å². The summed E-state index contributed by atoms with van der Waals surface area (Å²) in [6.07, 6.45) is 2.06. The second-order valence-electron chi connectivity index (χ2n) is 3.93. The molecule has 0 radical (unpaired) electrons. The monoisotopic (exact) mass is 277 g/mol. The highest BCUT2D eigenvalue weighted by atomic mass is 35.5. The number of rotatable bonds is 3. The van der Waals surface area contributed by atoms with Crippen LogP contribution in [-0.4, -0.2) is 6.54 Å². The summed E-state index contributed by atoms with van der Waals surface area (Å²) in [4.78, 5) is 0. The van der Waals surface area contributed by atoms with Gasteiger partial charge in [-0.15, -0.1) is 0 Å². The zero-order chi connectivity index (χ0) is 13.0. The van der Waals surface area contributed by atoms with Gasteiger partial charge in [0.1, 0.15) is 0 Å². The summed E-state index contributed by atoms with van der Waals surface area (Å²) in [6.45, 7) is 0.476. The first-order valence-electron chi connectivity index (χ1n) is 5.61. The van der Waals surface area contributed by atoms with Gasteiger partial charge in [0.25, 0.3) is 0 Å². The molecule has 2 N–H and O–H groups in total. The molecule has 0 spiro atoms. The standard InChI is InChI=1S/C15H13Cl2N/c16-14-5-1-11(2-6-14)9-13(10-18)12-3-7-15(17)8-4-12/h1-9H,10,18H2. The summed E-state index contributed by atoms with van der Waals surface area (Å²) in [5.74, 6) is 0. The zero-order valence-electron chi connectivity index (χ0n) is 9.74. The van der Waals surface area contributed by atoms with Crippen molar-refractivity contribution in [3.63, 3.8) is 0 Å². The molecule has 1 nitrogen and oxygen atoms in total. The van der Waals surface area contributed by atoms with Gasteiger partial charge in [-0.2, -0.15) is 0 Å². The molecule has 0 atom stereocenters. The normalized spacial score (nSPS) is 11.6. The fourth-order valence-corrected chi connectivity index (χ4v) is 1.94. The van der Waals surface area contributed by atoms with E-state index in [0.717, 1.165) is 26.7 Å². The molecule has 3 heteroatoms. The fourth-order valence-electron chi connectivity index (χ4n) is 1.68. The lowest BCUT2D eigenvalue weighted by molar-refractivity contribution is 1.27. The van der Waals surface area contributed by atoms with Gasteiger partial charge in [0, 0.05) is 16.6 Å². The van der Waals surface area contributed by atoms with Crippen molar-refractivity contribution >= 4 is 34.9 Å². The van der Waals surface area contributed by atoms with Gasteiger partial charge in [-0.3, -0.25) is 0 Å². The highest BCUT2D eigenvalue weighted by Crippen LogP contribution is 2.20. The van der Waals surface area contributed by atoms with Crippen molar-refractivity contribution in [2.45, 2.75) is 0 Å². The topological polar surface area (TPSA) is 26.0 Å². The van der Waals surface area contributed by atoms with E-state index in [9.17, 15) is 0 Å². The third-order valence-electron chi connectivity index (χ3n) is 2.65. The molecule has 0 amide bonds. The van der Waals surface area contributed by atoms with Gasteiger partial charge in [0.05, 0.1) is 0 Å². The molecule has 0 aliphatic carbocycles. The largest absolute Gasteiger partial charge is 0.326 e. The molecule has 18 heavy (non-hydrogen) atoms. The van der Waals surface area contributed by atoms with Crippen LogP contribution in [0.25, 0.3) is 11.6 Å². The Hall–Kier alpha value is -1.28. The van der Waals surface area contributed by atoms with Crippen molar-refractivity contribution in [2.24, 2.45) is 5.73 Å². The number of hydrogen-bond donors (Lipinski definition) is 1. The first-order chi connectivity index (χ1) is 8.69. The van der Waals surface area contributed by atoms with Gasteiger partial charge in [-0.1, -0.05) is 47.5 Å². The third kappa shape index (κ3) is 3.36. The molecule has 0 saturated carbocycles. The SMILES string of the molecule is NCC(=Cc1ccc(Cl)cc1)c1ccc(Cl)cc1. The minimum atomic E-state index is 0.476. The molecule has 2 aromatic rings. The molecule has 0 aliphatic rings.